The number of rotatable bonds is 3. The number of nitrogens with zero attached hydrogens (tertiary/aromatic N) is 5. The molecule has 0 unspecified atom stereocenters. The molecule has 7 nitrogen and oxygen atoms in total. The SMILES string of the molecule is O=C(c1ccc(Cl)cc1)N1CCN([C@@H]2CN(c3ncnc4cc(C(F)(F)F)ccc34)C[C@H]2O)CC1. The third kappa shape index (κ3) is 4.78. The molecule has 2 fully saturated rings. The van der Waals surface area contributed by atoms with Crippen LogP contribution in [0, 0.1) is 0 Å². The molecule has 184 valence electrons. The molecule has 0 saturated carbocycles. The summed E-state index contributed by atoms with van der Waals surface area (Å²) in [5.41, 5.74) is 0.0244. The molecule has 2 atom stereocenters. The Hall–Kier alpha value is -2.95. The molecule has 0 bridgehead atoms. The number of halogens is 4. The first-order valence-electron chi connectivity index (χ1n) is 11.2. The summed E-state index contributed by atoms with van der Waals surface area (Å²) in [7, 11) is 0. The molecule has 11 heteroatoms. The third-order valence-corrected chi connectivity index (χ3v) is 6.92. The number of aliphatic hydroxyl groups excluding tert-OH is 1. The van der Waals surface area contributed by atoms with E-state index in [0.29, 0.717) is 61.1 Å². The van der Waals surface area contributed by atoms with Gasteiger partial charge in [-0.05, 0) is 42.5 Å². The minimum absolute atomic E-state index is 0.0550. The van der Waals surface area contributed by atoms with Gasteiger partial charge in [0.2, 0.25) is 0 Å². The van der Waals surface area contributed by atoms with Crippen LogP contribution in [0.3, 0.4) is 0 Å². The van der Waals surface area contributed by atoms with Crippen molar-refractivity contribution < 1.29 is 23.1 Å². The predicted octanol–water partition coefficient (Wildman–Crippen LogP) is 3.31. The van der Waals surface area contributed by atoms with Crippen LogP contribution in [0.15, 0.2) is 48.8 Å². The van der Waals surface area contributed by atoms with E-state index in [1.165, 1.54) is 12.4 Å². The van der Waals surface area contributed by atoms with Crippen LogP contribution in [-0.4, -0.2) is 82.2 Å². The van der Waals surface area contributed by atoms with Crippen molar-refractivity contribution in [3.05, 3.63) is 64.9 Å². The van der Waals surface area contributed by atoms with Crippen molar-refractivity contribution in [2.24, 2.45) is 0 Å². The number of anilines is 1. The highest BCUT2D eigenvalue weighted by molar-refractivity contribution is 6.30. The van der Waals surface area contributed by atoms with Crippen molar-refractivity contribution >= 4 is 34.2 Å². The van der Waals surface area contributed by atoms with Crippen LogP contribution in [0.5, 0.6) is 0 Å². The monoisotopic (exact) mass is 505 g/mol. The smallest absolute Gasteiger partial charge is 0.390 e. The lowest BCUT2D eigenvalue weighted by Gasteiger charge is -2.38. The van der Waals surface area contributed by atoms with Gasteiger partial charge in [0.15, 0.2) is 0 Å². The van der Waals surface area contributed by atoms with E-state index in [0.717, 1.165) is 12.1 Å². The maximum absolute atomic E-state index is 13.1. The maximum atomic E-state index is 13.1. The number of amides is 1. The highest BCUT2D eigenvalue weighted by Gasteiger charge is 2.38. The number of aromatic nitrogens is 2. The van der Waals surface area contributed by atoms with Gasteiger partial charge in [-0.1, -0.05) is 11.6 Å². The molecule has 0 aliphatic carbocycles. The van der Waals surface area contributed by atoms with Gasteiger partial charge in [0.1, 0.15) is 12.1 Å². The van der Waals surface area contributed by atoms with E-state index in [1.807, 2.05) is 4.90 Å². The van der Waals surface area contributed by atoms with Crippen molar-refractivity contribution in [1.29, 1.82) is 0 Å². The van der Waals surface area contributed by atoms with E-state index < -0.39 is 17.8 Å². The van der Waals surface area contributed by atoms with E-state index in [-0.39, 0.29) is 17.5 Å². The molecule has 3 aromatic rings. The summed E-state index contributed by atoms with van der Waals surface area (Å²) in [6, 6.07) is 10.0. The zero-order valence-electron chi connectivity index (χ0n) is 18.6. The second kappa shape index (κ2) is 9.25. The van der Waals surface area contributed by atoms with Crippen molar-refractivity contribution in [2.45, 2.75) is 18.3 Å². The minimum atomic E-state index is -4.45. The fraction of sp³-hybridized carbons (Fsp3) is 0.375. The number of hydrogen-bond donors (Lipinski definition) is 1. The summed E-state index contributed by atoms with van der Waals surface area (Å²) in [4.78, 5) is 26.9. The fourth-order valence-corrected chi connectivity index (χ4v) is 4.93. The quantitative estimate of drug-likeness (QED) is 0.589. The number of carbonyl (C=O) groups is 1. The van der Waals surface area contributed by atoms with E-state index in [2.05, 4.69) is 14.9 Å². The van der Waals surface area contributed by atoms with Crippen LogP contribution in [0.4, 0.5) is 19.0 Å². The molecular weight excluding hydrogens is 483 g/mol. The van der Waals surface area contributed by atoms with Crippen molar-refractivity contribution in [3.8, 4) is 0 Å². The third-order valence-electron chi connectivity index (χ3n) is 6.66. The summed E-state index contributed by atoms with van der Waals surface area (Å²) in [6.45, 7) is 3.05. The molecule has 2 aromatic carbocycles. The Balaban J connectivity index is 1.27. The second-order valence-electron chi connectivity index (χ2n) is 8.80. The van der Waals surface area contributed by atoms with Gasteiger partial charge in [-0.15, -0.1) is 0 Å². The van der Waals surface area contributed by atoms with Crippen LogP contribution in [0.2, 0.25) is 5.02 Å². The molecular formula is C24H23ClF3N5O2. The Morgan fingerprint density at radius 2 is 1.71 bits per heavy atom. The summed E-state index contributed by atoms with van der Waals surface area (Å²) in [5, 5.41) is 11.9. The summed E-state index contributed by atoms with van der Waals surface area (Å²) in [5.74, 6) is 0.447. The first-order valence-corrected chi connectivity index (χ1v) is 11.6. The first-order chi connectivity index (χ1) is 16.7. The van der Waals surface area contributed by atoms with Gasteiger partial charge in [-0.2, -0.15) is 13.2 Å². The number of aliphatic hydroxyl groups is 1. The number of benzene rings is 2. The summed E-state index contributed by atoms with van der Waals surface area (Å²) < 4.78 is 39.3. The number of hydrogen-bond acceptors (Lipinski definition) is 6. The molecule has 1 amide bonds. The predicted molar refractivity (Wildman–Crippen MR) is 125 cm³/mol. The lowest BCUT2D eigenvalue weighted by Crippen LogP contribution is -2.54. The van der Waals surface area contributed by atoms with Crippen molar-refractivity contribution in [3.63, 3.8) is 0 Å². The van der Waals surface area contributed by atoms with Gasteiger partial charge < -0.3 is 14.9 Å². The maximum Gasteiger partial charge on any atom is 0.416 e. The van der Waals surface area contributed by atoms with E-state index in [4.69, 9.17) is 11.6 Å². The zero-order valence-corrected chi connectivity index (χ0v) is 19.4. The Labute approximate surface area is 204 Å². The van der Waals surface area contributed by atoms with Crippen molar-refractivity contribution in [2.75, 3.05) is 44.2 Å². The molecule has 5 rings (SSSR count). The molecule has 1 N–H and O–H groups in total. The van der Waals surface area contributed by atoms with E-state index >= 15 is 0 Å². The van der Waals surface area contributed by atoms with Crippen LogP contribution < -0.4 is 4.90 Å². The van der Waals surface area contributed by atoms with Gasteiger partial charge in [-0.3, -0.25) is 9.69 Å². The average Bonchev–Trinajstić information content (AvgIpc) is 3.24. The molecule has 2 saturated heterocycles. The number of carbonyl (C=O) groups excluding carboxylic acids is 1. The highest BCUT2D eigenvalue weighted by Crippen LogP contribution is 2.34. The number of β-amino-alcohol motifs (C(OH)–C–C–N with tert-alkyl or cyclic N) is 1. The Morgan fingerprint density at radius 1 is 1.00 bits per heavy atom. The number of piperazine rings is 1. The molecule has 0 radical (unpaired) electrons. The number of fused-ring (bicyclic) bond motifs is 1. The largest absolute Gasteiger partial charge is 0.416 e. The minimum Gasteiger partial charge on any atom is -0.390 e. The Bertz CT molecular complexity index is 1230. The standard InChI is InChI=1S/C24H23ClF3N5O2/c25-17-4-1-15(2-5-17)23(35)32-9-7-31(8-10-32)20-12-33(13-21(20)34)22-18-6-3-16(24(26,27)28)11-19(18)29-14-30-22/h1-6,11,14,20-21,34H,7-10,12-13H2/t20-,21-/m1/s1. The molecule has 3 heterocycles. The molecule has 2 aliphatic heterocycles. The normalized spacial score (nSPS) is 21.6. The lowest BCUT2D eigenvalue weighted by atomic mass is 10.1. The molecule has 35 heavy (non-hydrogen) atoms. The van der Waals surface area contributed by atoms with Crippen LogP contribution in [0.1, 0.15) is 15.9 Å². The molecule has 2 aliphatic rings. The topological polar surface area (TPSA) is 72.8 Å². The van der Waals surface area contributed by atoms with Crippen LogP contribution in [-0.2, 0) is 6.18 Å². The van der Waals surface area contributed by atoms with Gasteiger partial charge >= 0.3 is 6.18 Å². The zero-order chi connectivity index (χ0) is 24.7. The lowest BCUT2D eigenvalue weighted by molar-refractivity contribution is -0.137. The van der Waals surface area contributed by atoms with Crippen LogP contribution >= 0.6 is 11.6 Å². The molecule has 1 aromatic heterocycles. The summed E-state index contributed by atoms with van der Waals surface area (Å²) in [6.07, 6.45) is -3.86. The second-order valence-corrected chi connectivity index (χ2v) is 9.24. The van der Waals surface area contributed by atoms with Gasteiger partial charge in [0, 0.05) is 55.2 Å². The fourth-order valence-electron chi connectivity index (χ4n) is 4.80. The summed E-state index contributed by atoms with van der Waals surface area (Å²) >= 11 is 5.91. The van der Waals surface area contributed by atoms with E-state index in [9.17, 15) is 23.1 Å². The van der Waals surface area contributed by atoms with Crippen molar-refractivity contribution in [1.82, 2.24) is 19.8 Å². The number of alkyl halides is 3. The van der Waals surface area contributed by atoms with Gasteiger partial charge in [-0.25, -0.2) is 9.97 Å². The Kier molecular flexibility index (Phi) is 6.29. The molecule has 0 spiro atoms. The average molecular weight is 506 g/mol. The van der Waals surface area contributed by atoms with E-state index in [1.54, 1.807) is 29.2 Å². The highest BCUT2D eigenvalue weighted by atomic mass is 35.5. The van der Waals surface area contributed by atoms with Gasteiger partial charge in [0.05, 0.1) is 23.2 Å². The van der Waals surface area contributed by atoms with Gasteiger partial charge in [0.25, 0.3) is 5.91 Å². The first kappa shape index (κ1) is 23.8. The van der Waals surface area contributed by atoms with Crippen LogP contribution in [0.25, 0.3) is 10.9 Å². The Morgan fingerprint density at radius 3 is 2.40 bits per heavy atom.